The zero-order valence-electron chi connectivity index (χ0n) is 11.9. The molecule has 0 saturated heterocycles. The highest BCUT2D eigenvalue weighted by molar-refractivity contribution is 5.93. The summed E-state index contributed by atoms with van der Waals surface area (Å²) in [6.45, 7) is 2.30. The molecule has 1 amide bonds. The fraction of sp³-hybridized carbons (Fsp3) is 0.312. The monoisotopic (exact) mass is 280 g/mol. The number of nitrogens with zero attached hydrogens (tertiary/aromatic N) is 4. The van der Waals surface area contributed by atoms with Gasteiger partial charge in [-0.2, -0.15) is 5.10 Å². The highest BCUT2D eigenvalue weighted by Crippen LogP contribution is 2.28. The Balaban J connectivity index is 1.74. The molecular weight excluding hydrogens is 264 g/mol. The molecular formula is C16H16N4O. The van der Waals surface area contributed by atoms with Crippen molar-refractivity contribution in [2.75, 3.05) is 0 Å². The van der Waals surface area contributed by atoms with Gasteiger partial charge in [0, 0.05) is 12.6 Å². The number of hydrogen-bond donors (Lipinski definition) is 0. The number of carbonyl (C=O) groups is 1. The molecule has 0 radical (unpaired) electrons. The van der Waals surface area contributed by atoms with E-state index in [1.54, 1.807) is 17.9 Å². The summed E-state index contributed by atoms with van der Waals surface area (Å²) in [5.74, 6) is 5.24. The maximum absolute atomic E-state index is 12.0. The number of amides is 1. The van der Waals surface area contributed by atoms with Gasteiger partial charge in [0.05, 0.1) is 5.69 Å². The largest absolute Gasteiger partial charge is 0.325 e. The minimum Gasteiger partial charge on any atom is -0.325 e. The Morgan fingerprint density at radius 2 is 2.14 bits per heavy atom. The smallest absolute Gasteiger partial charge is 0.299 e. The molecule has 0 bridgehead atoms. The van der Waals surface area contributed by atoms with Crippen LogP contribution in [0.15, 0.2) is 36.9 Å². The van der Waals surface area contributed by atoms with Crippen LogP contribution in [0.25, 0.3) is 5.69 Å². The second-order valence-corrected chi connectivity index (χ2v) is 5.05. The van der Waals surface area contributed by atoms with Crippen molar-refractivity contribution in [1.29, 1.82) is 0 Å². The van der Waals surface area contributed by atoms with Crippen LogP contribution < -0.4 is 0 Å². The Labute approximate surface area is 123 Å². The number of benzene rings is 1. The standard InChI is InChI=1S/C16H16N4O/c1-2-3-16(21)19(14-8-9-14)10-13-4-6-15(7-5-13)20-12-17-11-18-20/h4-7,11-12,14H,8-10H2,1H3. The maximum atomic E-state index is 12.0. The van der Waals surface area contributed by atoms with E-state index in [0.717, 1.165) is 24.1 Å². The Hall–Kier alpha value is -2.61. The average Bonchev–Trinajstić information content (AvgIpc) is 3.19. The van der Waals surface area contributed by atoms with Crippen molar-refractivity contribution in [3.05, 3.63) is 42.5 Å². The molecule has 1 aliphatic rings. The first-order valence-corrected chi connectivity index (χ1v) is 6.95. The second-order valence-electron chi connectivity index (χ2n) is 5.05. The molecule has 1 saturated carbocycles. The average molecular weight is 280 g/mol. The van der Waals surface area contributed by atoms with Crippen molar-refractivity contribution in [1.82, 2.24) is 19.7 Å². The molecule has 5 nitrogen and oxygen atoms in total. The summed E-state index contributed by atoms with van der Waals surface area (Å²) in [4.78, 5) is 17.8. The molecule has 5 heteroatoms. The topological polar surface area (TPSA) is 51.0 Å². The minimum atomic E-state index is -0.0830. The summed E-state index contributed by atoms with van der Waals surface area (Å²) >= 11 is 0. The van der Waals surface area contributed by atoms with Gasteiger partial charge in [0.2, 0.25) is 0 Å². The number of aromatic nitrogens is 3. The van der Waals surface area contributed by atoms with E-state index in [9.17, 15) is 4.79 Å². The Morgan fingerprint density at radius 1 is 1.38 bits per heavy atom. The maximum Gasteiger partial charge on any atom is 0.299 e. The minimum absolute atomic E-state index is 0.0830. The van der Waals surface area contributed by atoms with E-state index in [1.807, 2.05) is 29.2 Å². The van der Waals surface area contributed by atoms with Gasteiger partial charge in [-0.3, -0.25) is 4.79 Å². The lowest BCUT2D eigenvalue weighted by molar-refractivity contribution is -0.126. The third-order valence-electron chi connectivity index (χ3n) is 3.45. The van der Waals surface area contributed by atoms with Gasteiger partial charge in [-0.15, -0.1) is 0 Å². The van der Waals surface area contributed by atoms with Crippen LogP contribution in [0.3, 0.4) is 0 Å². The molecule has 1 aliphatic carbocycles. The van der Waals surface area contributed by atoms with Crippen LogP contribution in [0.2, 0.25) is 0 Å². The molecule has 2 aromatic rings. The Morgan fingerprint density at radius 3 is 2.71 bits per heavy atom. The Kier molecular flexibility index (Phi) is 3.69. The molecule has 3 rings (SSSR count). The van der Waals surface area contributed by atoms with Crippen LogP contribution >= 0.6 is 0 Å². The van der Waals surface area contributed by atoms with E-state index in [1.165, 1.54) is 6.33 Å². The zero-order valence-corrected chi connectivity index (χ0v) is 11.9. The number of carbonyl (C=O) groups excluding carboxylic acids is 1. The van der Waals surface area contributed by atoms with Crippen LogP contribution in [-0.4, -0.2) is 31.6 Å². The summed E-state index contributed by atoms with van der Waals surface area (Å²) in [7, 11) is 0. The second kappa shape index (κ2) is 5.80. The van der Waals surface area contributed by atoms with Crippen LogP contribution in [0, 0.1) is 11.8 Å². The van der Waals surface area contributed by atoms with Crippen molar-refractivity contribution in [2.24, 2.45) is 0 Å². The van der Waals surface area contributed by atoms with Gasteiger partial charge in [0.15, 0.2) is 0 Å². The highest BCUT2D eigenvalue weighted by atomic mass is 16.2. The lowest BCUT2D eigenvalue weighted by Gasteiger charge is -2.19. The van der Waals surface area contributed by atoms with Crippen LogP contribution in [0.5, 0.6) is 0 Å². The van der Waals surface area contributed by atoms with Crippen molar-refractivity contribution in [3.63, 3.8) is 0 Å². The van der Waals surface area contributed by atoms with E-state index >= 15 is 0 Å². The van der Waals surface area contributed by atoms with E-state index in [2.05, 4.69) is 21.9 Å². The lowest BCUT2D eigenvalue weighted by atomic mass is 10.2. The van der Waals surface area contributed by atoms with Crippen LogP contribution in [-0.2, 0) is 11.3 Å². The molecule has 106 valence electrons. The first kappa shape index (κ1) is 13.4. The van der Waals surface area contributed by atoms with Crippen molar-refractivity contribution in [3.8, 4) is 17.5 Å². The quantitative estimate of drug-likeness (QED) is 0.802. The van der Waals surface area contributed by atoms with Gasteiger partial charge < -0.3 is 4.90 Å². The zero-order chi connectivity index (χ0) is 14.7. The van der Waals surface area contributed by atoms with Gasteiger partial charge in [-0.1, -0.05) is 18.1 Å². The molecule has 0 spiro atoms. The molecule has 1 heterocycles. The summed E-state index contributed by atoms with van der Waals surface area (Å²) in [6.07, 6.45) is 5.32. The van der Waals surface area contributed by atoms with Gasteiger partial charge in [-0.25, -0.2) is 9.67 Å². The van der Waals surface area contributed by atoms with E-state index < -0.39 is 0 Å². The van der Waals surface area contributed by atoms with Gasteiger partial charge in [-0.05, 0) is 43.4 Å². The van der Waals surface area contributed by atoms with E-state index in [4.69, 9.17) is 0 Å². The summed E-state index contributed by atoms with van der Waals surface area (Å²) in [5, 5.41) is 4.09. The third-order valence-corrected chi connectivity index (χ3v) is 3.45. The van der Waals surface area contributed by atoms with Gasteiger partial charge >= 0.3 is 0 Å². The SMILES string of the molecule is CC#CC(=O)N(Cc1ccc(-n2cncn2)cc1)C1CC1. The molecule has 1 aromatic carbocycles. The summed E-state index contributed by atoms with van der Waals surface area (Å²) < 4.78 is 1.70. The van der Waals surface area contributed by atoms with Crippen molar-refractivity contribution < 1.29 is 4.79 Å². The van der Waals surface area contributed by atoms with E-state index in [-0.39, 0.29) is 5.91 Å². The Bertz CT molecular complexity index is 675. The van der Waals surface area contributed by atoms with Gasteiger partial charge in [0.1, 0.15) is 12.7 Å². The number of rotatable bonds is 4. The normalized spacial score (nSPS) is 13.4. The van der Waals surface area contributed by atoms with Crippen LogP contribution in [0.4, 0.5) is 0 Å². The fourth-order valence-corrected chi connectivity index (χ4v) is 2.22. The summed E-state index contributed by atoms with van der Waals surface area (Å²) in [5.41, 5.74) is 2.05. The molecule has 1 fully saturated rings. The predicted octanol–water partition coefficient (Wildman–Crippen LogP) is 1.78. The molecule has 0 N–H and O–H groups in total. The van der Waals surface area contributed by atoms with Crippen molar-refractivity contribution >= 4 is 5.91 Å². The summed E-state index contributed by atoms with van der Waals surface area (Å²) in [6, 6.07) is 8.34. The number of hydrogen-bond acceptors (Lipinski definition) is 3. The van der Waals surface area contributed by atoms with E-state index in [0.29, 0.717) is 12.6 Å². The first-order chi connectivity index (χ1) is 10.3. The molecule has 0 atom stereocenters. The molecule has 1 aromatic heterocycles. The van der Waals surface area contributed by atoms with Gasteiger partial charge in [0.25, 0.3) is 5.91 Å². The highest BCUT2D eigenvalue weighted by Gasteiger charge is 2.31. The fourth-order valence-electron chi connectivity index (χ4n) is 2.22. The van der Waals surface area contributed by atoms with Crippen LogP contribution in [0.1, 0.15) is 25.3 Å². The molecule has 0 aliphatic heterocycles. The third kappa shape index (κ3) is 3.11. The molecule has 21 heavy (non-hydrogen) atoms. The van der Waals surface area contributed by atoms with Crippen molar-refractivity contribution in [2.45, 2.75) is 32.4 Å². The molecule has 0 unspecified atom stereocenters. The predicted molar refractivity (Wildman–Crippen MR) is 78.4 cm³/mol. The first-order valence-electron chi connectivity index (χ1n) is 6.95. The lowest BCUT2D eigenvalue weighted by Crippen LogP contribution is -2.31.